The van der Waals surface area contributed by atoms with Crippen LogP contribution in [0.3, 0.4) is 0 Å². The Morgan fingerprint density at radius 2 is 1.75 bits per heavy atom. The fourth-order valence-electron chi connectivity index (χ4n) is 4.13. The maximum Gasteiger partial charge on any atom is 0.277 e. The summed E-state index contributed by atoms with van der Waals surface area (Å²) in [5, 5.41) is 1.32. The molecule has 4 nitrogen and oxygen atoms in total. The van der Waals surface area contributed by atoms with E-state index in [0.29, 0.717) is 22.4 Å². The predicted molar refractivity (Wildman–Crippen MR) is 150 cm³/mol. The molecule has 1 heterocycles. The standard InChI is InChI=1S/C24H23ClI2N2O2S/c1-28-21(23(30)29(24(28)32)18-5-3-2-4-6-18)13-16-11-19(26)22(20(27)12-16)31-14-15-7-9-17(25)10-8-15/h7-13,18H,2-6,14H2,1H3/b21-13-. The van der Waals surface area contributed by atoms with Crippen LogP contribution in [0.4, 0.5) is 0 Å². The van der Waals surface area contributed by atoms with E-state index in [1.807, 2.05) is 59.3 Å². The van der Waals surface area contributed by atoms with Crippen molar-refractivity contribution in [2.24, 2.45) is 0 Å². The predicted octanol–water partition coefficient (Wildman–Crippen LogP) is 6.86. The SMILES string of the molecule is CN1C(=S)N(C2CCCCC2)C(=O)/C1=C/c1cc(I)c(OCc2ccc(Cl)cc2)c(I)c1. The molecule has 32 heavy (non-hydrogen) atoms. The first kappa shape index (κ1) is 24.2. The monoisotopic (exact) mass is 692 g/mol. The van der Waals surface area contributed by atoms with Gasteiger partial charge in [-0.3, -0.25) is 9.69 Å². The third-order valence-corrected chi connectivity index (χ3v) is 8.18. The quantitative estimate of drug-likeness (QED) is 0.195. The Labute approximate surface area is 226 Å². The van der Waals surface area contributed by atoms with Gasteiger partial charge in [0.25, 0.3) is 5.91 Å². The van der Waals surface area contributed by atoms with Crippen molar-refractivity contribution in [2.75, 3.05) is 7.05 Å². The van der Waals surface area contributed by atoms with Gasteiger partial charge in [-0.25, -0.2) is 0 Å². The van der Waals surface area contributed by atoms with E-state index in [1.54, 1.807) is 0 Å². The summed E-state index contributed by atoms with van der Waals surface area (Å²) >= 11 is 16.2. The van der Waals surface area contributed by atoms with Crippen molar-refractivity contribution in [1.29, 1.82) is 0 Å². The summed E-state index contributed by atoms with van der Waals surface area (Å²) < 4.78 is 8.08. The van der Waals surface area contributed by atoms with E-state index in [9.17, 15) is 4.79 Å². The topological polar surface area (TPSA) is 32.8 Å². The molecular formula is C24H23ClI2N2O2S. The number of hydrogen-bond acceptors (Lipinski definition) is 3. The second kappa shape index (κ2) is 10.6. The van der Waals surface area contributed by atoms with E-state index in [4.69, 9.17) is 28.6 Å². The number of halogens is 3. The number of rotatable bonds is 5. The van der Waals surface area contributed by atoms with Crippen molar-refractivity contribution in [1.82, 2.24) is 9.80 Å². The van der Waals surface area contributed by atoms with Crippen LogP contribution < -0.4 is 4.74 Å². The summed E-state index contributed by atoms with van der Waals surface area (Å²) in [4.78, 5) is 16.9. The maximum atomic E-state index is 13.2. The van der Waals surface area contributed by atoms with Crippen LogP contribution in [0.15, 0.2) is 42.1 Å². The lowest BCUT2D eigenvalue weighted by molar-refractivity contribution is -0.124. The van der Waals surface area contributed by atoms with Gasteiger partial charge in [-0.1, -0.05) is 43.0 Å². The summed E-state index contributed by atoms with van der Waals surface area (Å²) in [5.41, 5.74) is 2.64. The summed E-state index contributed by atoms with van der Waals surface area (Å²) in [6.45, 7) is 0.468. The maximum absolute atomic E-state index is 13.2. The first-order chi connectivity index (χ1) is 15.3. The van der Waals surface area contributed by atoms with Gasteiger partial charge in [0.2, 0.25) is 0 Å². The highest BCUT2D eigenvalue weighted by Crippen LogP contribution is 2.33. The molecule has 2 fully saturated rings. The highest BCUT2D eigenvalue weighted by Gasteiger charge is 2.40. The Balaban J connectivity index is 1.54. The second-order valence-corrected chi connectivity index (χ2v) is 11.2. The van der Waals surface area contributed by atoms with Crippen LogP contribution in [-0.4, -0.2) is 33.9 Å². The highest BCUT2D eigenvalue weighted by atomic mass is 127. The van der Waals surface area contributed by atoms with Gasteiger partial charge in [0.05, 0.1) is 7.14 Å². The molecule has 0 atom stereocenters. The summed E-state index contributed by atoms with van der Waals surface area (Å²) in [7, 11) is 1.88. The van der Waals surface area contributed by atoms with Gasteiger partial charge in [0.15, 0.2) is 5.11 Å². The zero-order valence-electron chi connectivity index (χ0n) is 17.6. The fraction of sp³-hybridized carbons (Fsp3) is 0.333. The van der Waals surface area contributed by atoms with Crippen molar-refractivity contribution >= 4 is 86.1 Å². The van der Waals surface area contributed by atoms with Crippen molar-refractivity contribution in [3.8, 4) is 5.75 Å². The number of hydrogen-bond donors (Lipinski definition) is 0. The molecule has 1 aliphatic carbocycles. The lowest BCUT2D eigenvalue weighted by atomic mass is 9.94. The molecule has 1 saturated heterocycles. The highest BCUT2D eigenvalue weighted by molar-refractivity contribution is 14.1. The minimum Gasteiger partial charge on any atom is -0.487 e. The van der Waals surface area contributed by atoms with Gasteiger partial charge in [0, 0.05) is 18.1 Å². The third kappa shape index (κ3) is 5.26. The van der Waals surface area contributed by atoms with Crippen LogP contribution >= 0.6 is 69.0 Å². The first-order valence-corrected chi connectivity index (χ1v) is 13.5. The van der Waals surface area contributed by atoms with Gasteiger partial charge >= 0.3 is 0 Å². The van der Waals surface area contributed by atoms with Crippen molar-refractivity contribution in [3.05, 3.63) is 65.4 Å². The Kier molecular flexibility index (Phi) is 8.00. The lowest BCUT2D eigenvalue weighted by Gasteiger charge is -2.30. The average molecular weight is 693 g/mol. The Bertz CT molecular complexity index is 1050. The van der Waals surface area contributed by atoms with Gasteiger partial charge < -0.3 is 9.64 Å². The number of likely N-dealkylation sites (N-methyl/N-ethyl adjacent to an activating group) is 1. The second-order valence-electron chi connectivity index (χ2n) is 8.07. The van der Waals surface area contributed by atoms with Gasteiger partial charge in [-0.15, -0.1) is 0 Å². The molecule has 2 aromatic carbocycles. The molecule has 168 valence electrons. The first-order valence-electron chi connectivity index (χ1n) is 10.5. The number of carbonyl (C=O) groups is 1. The zero-order chi connectivity index (χ0) is 22.8. The average Bonchev–Trinajstić information content (AvgIpc) is 2.98. The Morgan fingerprint density at radius 3 is 2.38 bits per heavy atom. The molecule has 0 bridgehead atoms. The molecule has 0 N–H and O–H groups in total. The molecule has 4 rings (SSSR count). The van der Waals surface area contributed by atoms with Crippen LogP contribution in [0.2, 0.25) is 5.02 Å². The number of thiocarbonyl (C=S) groups is 1. The summed E-state index contributed by atoms with van der Waals surface area (Å²) in [6.07, 6.45) is 7.56. The molecule has 1 aliphatic heterocycles. The van der Waals surface area contributed by atoms with Crippen molar-refractivity contribution < 1.29 is 9.53 Å². The molecule has 2 aromatic rings. The van der Waals surface area contributed by atoms with E-state index < -0.39 is 0 Å². The Hall–Kier alpha value is -0.910. The Morgan fingerprint density at radius 1 is 1.12 bits per heavy atom. The van der Waals surface area contributed by atoms with E-state index in [2.05, 4.69) is 45.2 Å². The van der Waals surface area contributed by atoms with Gasteiger partial charge in [-0.05, 0) is 112 Å². The number of carbonyl (C=O) groups excluding carboxylic acids is 1. The van der Waals surface area contributed by atoms with Crippen molar-refractivity contribution in [2.45, 2.75) is 44.8 Å². The van der Waals surface area contributed by atoms with Crippen LogP contribution in [0, 0.1) is 7.14 Å². The minimum absolute atomic E-state index is 0.0116. The number of benzene rings is 2. The summed E-state index contributed by atoms with van der Waals surface area (Å²) in [6, 6.07) is 12.0. The van der Waals surface area contributed by atoms with Crippen LogP contribution in [0.5, 0.6) is 5.75 Å². The molecule has 1 saturated carbocycles. The molecule has 2 aliphatic rings. The molecular weight excluding hydrogens is 670 g/mol. The van der Waals surface area contributed by atoms with E-state index in [0.717, 1.165) is 49.7 Å². The van der Waals surface area contributed by atoms with Crippen LogP contribution in [-0.2, 0) is 11.4 Å². The minimum atomic E-state index is 0.0116. The number of ether oxygens (including phenoxy) is 1. The van der Waals surface area contributed by atoms with Crippen LogP contribution in [0.1, 0.15) is 43.2 Å². The smallest absolute Gasteiger partial charge is 0.277 e. The molecule has 8 heteroatoms. The molecule has 0 aromatic heterocycles. The number of nitrogens with zero attached hydrogens (tertiary/aromatic N) is 2. The van der Waals surface area contributed by atoms with Gasteiger partial charge in [0.1, 0.15) is 18.1 Å². The zero-order valence-corrected chi connectivity index (χ0v) is 23.5. The molecule has 0 unspecified atom stereocenters. The summed E-state index contributed by atoms with van der Waals surface area (Å²) in [5.74, 6) is 0.853. The molecule has 1 amide bonds. The van der Waals surface area contributed by atoms with E-state index >= 15 is 0 Å². The molecule has 0 spiro atoms. The fourth-order valence-corrected chi connectivity index (χ4v) is 6.72. The van der Waals surface area contributed by atoms with E-state index in [-0.39, 0.29) is 11.9 Å². The van der Waals surface area contributed by atoms with Crippen molar-refractivity contribution in [3.63, 3.8) is 0 Å². The van der Waals surface area contributed by atoms with Gasteiger partial charge in [-0.2, -0.15) is 0 Å². The normalized spacial score (nSPS) is 18.7. The number of amides is 1. The lowest BCUT2D eigenvalue weighted by Crippen LogP contribution is -2.41. The largest absolute Gasteiger partial charge is 0.487 e. The van der Waals surface area contributed by atoms with E-state index in [1.165, 1.54) is 6.42 Å². The van der Waals surface area contributed by atoms with Crippen LogP contribution in [0.25, 0.3) is 6.08 Å². The third-order valence-electron chi connectivity index (χ3n) is 5.85. The molecule has 0 radical (unpaired) electrons.